The van der Waals surface area contributed by atoms with Gasteiger partial charge in [0.25, 0.3) is 0 Å². The monoisotopic (exact) mass is 452 g/mol. The van der Waals surface area contributed by atoms with E-state index in [-0.39, 0.29) is 28.4 Å². The van der Waals surface area contributed by atoms with Crippen LogP contribution >= 0.6 is 0 Å². The Morgan fingerprint density at radius 1 is 0.618 bits per heavy atom. The molecule has 0 saturated heterocycles. The molecule has 0 heterocycles. The number of allylic oxidation sites excluding steroid dienone is 1. The second-order valence-electron chi connectivity index (χ2n) is 8.94. The van der Waals surface area contributed by atoms with Crippen molar-refractivity contribution in [3.63, 3.8) is 0 Å². The predicted octanol–water partition coefficient (Wildman–Crippen LogP) is 6.64. The van der Waals surface area contributed by atoms with Gasteiger partial charge in [-0.05, 0) is 89.2 Å². The molecule has 172 valence electrons. The standard InChI is InChI=1S/C30H28O4/c1-30(25-8-16-29(34)17-9-25,19-22-4-12-27(32)13-5-22)20-24(23-6-14-28(33)15-7-23)18-21-2-10-26(31)11-3-21/h2-18,31-34H,19-20H2,1H3/b24-18-. The zero-order chi connectivity index (χ0) is 24.1. The van der Waals surface area contributed by atoms with Crippen LogP contribution < -0.4 is 0 Å². The number of aromatic hydroxyl groups is 4. The van der Waals surface area contributed by atoms with Gasteiger partial charge in [-0.1, -0.05) is 61.5 Å². The van der Waals surface area contributed by atoms with Crippen molar-refractivity contribution in [2.24, 2.45) is 0 Å². The molecule has 4 N–H and O–H groups in total. The minimum absolute atomic E-state index is 0.207. The quantitative estimate of drug-likeness (QED) is 0.237. The van der Waals surface area contributed by atoms with Crippen LogP contribution in [0.15, 0.2) is 97.1 Å². The fourth-order valence-corrected chi connectivity index (χ4v) is 4.30. The summed E-state index contributed by atoms with van der Waals surface area (Å²) < 4.78 is 0. The molecular formula is C30H28O4. The molecule has 0 aliphatic rings. The molecule has 0 saturated carbocycles. The molecule has 1 unspecified atom stereocenters. The average molecular weight is 453 g/mol. The van der Waals surface area contributed by atoms with Crippen molar-refractivity contribution in [2.45, 2.75) is 25.2 Å². The smallest absolute Gasteiger partial charge is 0.115 e. The Morgan fingerprint density at radius 2 is 1.06 bits per heavy atom. The molecule has 0 bridgehead atoms. The third kappa shape index (κ3) is 5.59. The van der Waals surface area contributed by atoms with Crippen molar-refractivity contribution in [1.29, 1.82) is 0 Å². The van der Waals surface area contributed by atoms with E-state index in [4.69, 9.17) is 0 Å². The number of hydrogen-bond acceptors (Lipinski definition) is 4. The lowest BCUT2D eigenvalue weighted by atomic mass is 9.71. The average Bonchev–Trinajstić information content (AvgIpc) is 2.82. The molecule has 0 aliphatic carbocycles. The highest BCUT2D eigenvalue weighted by atomic mass is 16.3. The van der Waals surface area contributed by atoms with Gasteiger partial charge in [-0.25, -0.2) is 0 Å². The maximum Gasteiger partial charge on any atom is 0.115 e. The first kappa shape index (κ1) is 23.0. The Kier molecular flexibility index (Phi) is 6.60. The van der Waals surface area contributed by atoms with Crippen LogP contribution in [0.25, 0.3) is 11.6 Å². The fourth-order valence-electron chi connectivity index (χ4n) is 4.30. The summed E-state index contributed by atoms with van der Waals surface area (Å²) in [5.74, 6) is 0.865. The molecule has 0 aromatic heterocycles. The van der Waals surface area contributed by atoms with E-state index in [2.05, 4.69) is 13.0 Å². The molecule has 4 rings (SSSR count). The van der Waals surface area contributed by atoms with E-state index in [1.165, 1.54) is 0 Å². The van der Waals surface area contributed by atoms with E-state index < -0.39 is 0 Å². The van der Waals surface area contributed by atoms with Gasteiger partial charge in [0.1, 0.15) is 23.0 Å². The second kappa shape index (κ2) is 9.75. The Morgan fingerprint density at radius 3 is 1.59 bits per heavy atom. The van der Waals surface area contributed by atoms with Crippen molar-refractivity contribution in [1.82, 2.24) is 0 Å². The Hall–Kier alpha value is -4.18. The predicted molar refractivity (Wildman–Crippen MR) is 136 cm³/mol. The SMILES string of the molecule is CC(C/C(=C/c1ccc(O)cc1)c1ccc(O)cc1)(Cc1ccc(O)cc1)c1ccc(O)cc1. The van der Waals surface area contributed by atoms with E-state index in [1.807, 2.05) is 48.5 Å². The molecule has 4 nitrogen and oxygen atoms in total. The highest BCUT2D eigenvalue weighted by Crippen LogP contribution is 2.39. The Labute approximate surface area is 199 Å². The first-order valence-corrected chi connectivity index (χ1v) is 11.2. The summed E-state index contributed by atoms with van der Waals surface area (Å²) in [4.78, 5) is 0. The molecule has 0 aliphatic heterocycles. The molecule has 4 aromatic carbocycles. The first-order chi connectivity index (χ1) is 16.3. The van der Waals surface area contributed by atoms with Gasteiger partial charge in [0.2, 0.25) is 0 Å². The first-order valence-electron chi connectivity index (χ1n) is 11.2. The van der Waals surface area contributed by atoms with Gasteiger partial charge in [-0.15, -0.1) is 0 Å². The summed E-state index contributed by atoms with van der Waals surface area (Å²) in [5.41, 5.74) is 4.84. The minimum atomic E-state index is -0.342. The van der Waals surface area contributed by atoms with E-state index in [9.17, 15) is 20.4 Å². The molecule has 34 heavy (non-hydrogen) atoms. The summed E-state index contributed by atoms with van der Waals surface area (Å²) in [5, 5.41) is 39.1. The number of phenols is 4. The van der Waals surface area contributed by atoms with Crippen LogP contribution in [0.1, 0.15) is 35.6 Å². The summed E-state index contributed by atoms with van der Waals surface area (Å²) in [6, 6.07) is 28.8. The van der Waals surface area contributed by atoms with E-state index >= 15 is 0 Å². The van der Waals surface area contributed by atoms with Gasteiger partial charge in [0, 0.05) is 5.41 Å². The highest BCUT2D eigenvalue weighted by Gasteiger charge is 2.29. The van der Waals surface area contributed by atoms with Crippen LogP contribution in [-0.2, 0) is 11.8 Å². The maximum atomic E-state index is 9.86. The number of benzene rings is 4. The van der Waals surface area contributed by atoms with E-state index in [0.29, 0.717) is 12.8 Å². The maximum absolute atomic E-state index is 9.86. The third-order valence-electron chi connectivity index (χ3n) is 6.15. The highest BCUT2D eigenvalue weighted by molar-refractivity contribution is 5.82. The van der Waals surface area contributed by atoms with Crippen molar-refractivity contribution in [3.05, 3.63) is 119 Å². The molecule has 4 aromatic rings. The topological polar surface area (TPSA) is 80.9 Å². The van der Waals surface area contributed by atoms with Gasteiger partial charge in [0.05, 0.1) is 0 Å². The number of rotatable bonds is 7. The third-order valence-corrected chi connectivity index (χ3v) is 6.15. The molecule has 1 atom stereocenters. The lowest BCUT2D eigenvalue weighted by Crippen LogP contribution is -2.25. The van der Waals surface area contributed by atoms with Gasteiger partial charge >= 0.3 is 0 Å². The number of phenolic OH excluding ortho intramolecular Hbond substituents is 4. The molecule has 4 heteroatoms. The van der Waals surface area contributed by atoms with Gasteiger partial charge < -0.3 is 20.4 Å². The van der Waals surface area contributed by atoms with Crippen LogP contribution in [0.2, 0.25) is 0 Å². The summed E-state index contributed by atoms with van der Waals surface area (Å²) in [7, 11) is 0. The van der Waals surface area contributed by atoms with E-state index in [1.54, 1.807) is 48.5 Å². The molecule has 0 fully saturated rings. The largest absolute Gasteiger partial charge is 0.508 e. The molecule has 0 spiro atoms. The molecule has 0 amide bonds. The lowest BCUT2D eigenvalue weighted by molar-refractivity contribution is 0.464. The van der Waals surface area contributed by atoms with E-state index in [0.717, 1.165) is 27.8 Å². The minimum Gasteiger partial charge on any atom is -0.508 e. The normalized spacial score (nSPS) is 13.4. The van der Waals surface area contributed by atoms with Crippen LogP contribution in [0, 0.1) is 0 Å². The summed E-state index contributed by atoms with van der Waals surface area (Å²) >= 11 is 0. The summed E-state index contributed by atoms with van der Waals surface area (Å²) in [6.45, 7) is 2.19. The zero-order valence-corrected chi connectivity index (χ0v) is 19.0. The van der Waals surface area contributed by atoms with Crippen molar-refractivity contribution in [3.8, 4) is 23.0 Å². The summed E-state index contributed by atoms with van der Waals surface area (Å²) in [6.07, 6.45) is 3.48. The number of hydrogen-bond donors (Lipinski definition) is 4. The zero-order valence-electron chi connectivity index (χ0n) is 19.0. The van der Waals surface area contributed by atoms with Gasteiger partial charge in [0.15, 0.2) is 0 Å². The van der Waals surface area contributed by atoms with Crippen LogP contribution in [-0.4, -0.2) is 20.4 Å². The molecular weight excluding hydrogens is 424 g/mol. The van der Waals surface area contributed by atoms with Crippen molar-refractivity contribution in [2.75, 3.05) is 0 Å². The van der Waals surface area contributed by atoms with Gasteiger partial charge in [-0.2, -0.15) is 0 Å². The second-order valence-corrected chi connectivity index (χ2v) is 8.94. The van der Waals surface area contributed by atoms with Gasteiger partial charge in [-0.3, -0.25) is 0 Å². The van der Waals surface area contributed by atoms with Crippen LogP contribution in [0.4, 0.5) is 0 Å². The van der Waals surface area contributed by atoms with Crippen LogP contribution in [0.5, 0.6) is 23.0 Å². The Balaban J connectivity index is 1.79. The van der Waals surface area contributed by atoms with Crippen LogP contribution in [0.3, 0.4) is 0 Å². The van der Waals surface area contributed by atoms with Crippen molar-refractivity contribution >= 4 is 11.6 Å². The lowest BCUT2D eigenvalue weighted by Gasteiger charge is -2.32. The fraction of sp³-hybridized carbons (Fsp3) is 0.133. The van der Waals surface area contributed by atoms with Crippen molar-refractivity contribution < 1.29 is 20.4 Å². The molecule has 0 radical (unpaired) electrons. The Bertz CT molecular complexity index is 1260.